The van der Waals surface area contributed by atoms with E-state index in [0.29, 0.717) is 0 Å². The molecule has 0 saturated heterocycles. The Kier molecular flexibility index (Phi) is 14.1. The fraction of sp³-hybridized carbons (Fsp3) is 0.174. The normalized spacial score (nSPS) is 10.6. The van der Waals surface area contributed by atoms with Gasteiger partial charge in [-0.25, -0.2) is 0 Å². The number of benzene rings is 4. The summed E-state index contributed by atoms with van der Waals surface area (Å²) in [6, 6.07) is 47.8. The van der Waals surface area contributed by atoms with Crippen LogP contribution in [0.15, 0.2) is 142 Å². The second kappa shape index (κ2) is 18.1. The van der Waals surface area contributed by atoms with Crippen LogP contribution in [0, 0.1) is 13.8 Å². The van der Waals surface area contributed by atoms with Crippen molar-refractivity contribution in [3.63, 3.8) is 0 Å². The quantitative estimate of drug-likeness (QED) is 0.149. The first kappa shape index (κ1) is 39.9. The maximum atomic E-state index is 6.00. The molecule has 0 saturated carbocycles. The third-order valence-corrected chi connectivity index (χ3v) is 9.11. The van der Waals surface area contributed by atoms with Crippen molar-refractivity contribution in [1.29, 1.82) is 0 Å². The van der Waals surface area contributed by atoms with E-state index in [1.54, 1.807) is 0 Å². The van der Waals surface area contributed by atoms with E-state index in [-0.39, 0.29) is 51.0 Å². The molecule has 0 bridgehead atoms. The van der Waals surface area contributed by atoms with Crippen molar-refractivity contribution in [2.24, 2.45) is 0 Å². The Morgan fingerprint density at radius 3 is 1.25 bits per heavy atom. The van der Waals surface area contributed by atoms with Crippen molar-refractivity contribution in [2.75, 3.05) is 0 Å². The molecule has 6 aromatic carbocycles. The van der Waals surface area contributed by atoms with Crippen LogP contribution >= 0.6 is 0 Å². The van der Waals surface area contributed by atoms with Crippen LogP contribution in [0.5, 0.6) is 0 Å². The van der Waals surface area contributed by atoms with E-state index in [0.717, 1.165) is 59.9 Å². The first-order chi connectivity index (χ1) is 23.5. The molecule has 0 unspecified atom stereocenters. The molecule has 0 aliphatic carbocycles. The third kappa shape index (κ3) is 8.96. The van der Waals surface area contributed by atoms with E-state index in [4.69, 9.17) is 8.83 Å². The van der Waals surface area contributed by atoms with Gasteiger partial charge in [-0.05, 0) is 62.1 Å². The van der Waals surface area contributed by atoms with Crippen molar-refractivity contribution < 1.29 is 59.9 Å². The zero-order chi connectivity index (χ0) is 33.0. The molecule has 256 valence electrons. The van der Waals surface area contributed by atoms with Crippen LogP contribution < -0.4 is 24.8 Å². The average Bonchev–Trinajstić information content (AvgIpc) is 3.92. The molecule has 0 radical (unpaired) electrons. The largest absolute Gasteiger partial charge is 4.00 e. The van der Waals surface area contributed by atoms with E-state index >= 15 is 0 Å². The van der Waals surface area contributed by atoms with Gasteiger partial charge in [-0.3, -0.25) is 0 Å². The topological polar surface area (TPSA) is 26.3 Å². The van der Waals surface area contributed by atoms with Gasteiger partial charge in [0.1, 0.15) is 0 Å². The zero-order valence-corrected chi connectivity index (χ0v) is 33.6. The molecule has 0 N–H and O–H groups in total. The number of hydrogen-bond acceptors (Lipinski definition) is 2. The first-order valence-corrected chi connectivity index (χ1v) is 17.2. The first-order valence-electron chi connectivity index (χ1n) is 17.2. The molecule has 2 heterocycles. The van der Waals surface area contributed by atoms with Crippen LogP contribution in [0.4, 0.5) is 0 Å². The van der Waals surface area contributed by atoms with Gasteiger partial charge < -0.3 is 33.6 Å². The molecular weight excluding hydrogens is 747 g/mol. The van der Waals surface area contributed by atoms with E-state index in [2.05, 4.69) is 161 Å². The molecule has 0 spiro atoms. The van der Waals surface area contributed by atoms with Crippen LogP contribution in [0.2, 0.25) is 0 Å². The van der Waals surface area contributed by atoms with Gasteiger partial charge in [0.25, 0.3) is 0 Å². The predicted molar refractivity (Wildman–Crippen MR) is 203 cm³/mol. The maximum absolute atomic E-state index is 6.00. The fourth-order valence-corrected chi connectivity index (χ4v) is 6.55. The Labute approximate surface area is 333 Å². The fourth-order valence-electron chi connectivity index (χ4n) is 6.55. The molecule has 2 aromatic heterocycles. The van der Waals surface area contributed by atoms with Crippen molar-refractivity contribution in [3.05, 3.63) is 156 Å². The molecule has 0 amide bonds. The van der Waals surface area contributed by atoms with E-state index < -0.39 is 0 Å². The summed E-state index contributed by atoms with van der Waals surface area (Å²) in [6.45, 7) is 8.59. The maximum Gasteiger partial charge on any atom is 4.00 e. The number of rotatable bonds is 8. The minimum atomic E-state index is 0. The van der Waals surface area contributed by atoms with Crippen molar-refractivity contribution in [1.82, 2.24) is 0 Å². The summed E-state index contributed by atoms with van der Waals surface area (Å²) in [6.07, 6.45) is 4.20. The summed E-state index contributed by atoms with van der Waals surface area (Å²) in [5.74, 6) is 4.06. The Hall–Kier alpha value is -3.88. The van der Waals surface area contributed by atoms with Crippen LogP contribution in [0.1, 0.15) is 49.3 Å². The number of fused-ring (bicyclic) bond motifs is 2. The predicted octanol–water partition coefficient (Wildman–Crippen LogP) is 7.50. The molecule has 5 heteroatoms. The number of furan rings is 2. The van der Waals surface area contributed by atoms with E-state index in [9.17, 15) is 0 Å². The number of aryl methyl sites for hydroxylation is 4. The van der Waals surface area contributed by atoms with Gasteiger partial charge in [0.05, 0.1) is 23.0 Å². The molecule has 8 aromatic rings. The average molecular weight is 789 g/mol. The second-order valence-electron chi connectivity index (χ2n) is 12.9. The summed E-state index contributed by atoms with van der Waals surface area (Å²) in [7, 11) is 0. The van der Waals surface area contributed by atoms with Gasteiger partial charge in [-0.2, -0.15) is 0 Å². The smallest absolute Gasteiger partial charge is 1.00 e. The standard InChI is InChI=1S/2C23H21O.2ClH.Zr/c2*1-3-5-20-12-13-23(24-20)19-14-18-6-4-7-21(22(18)15-19)17-10-8-16(2)9-11-17;;;/h2*4,6-15H,3,5H2,1-2H3;2*1H;/q2*-1;;;+4/p-2. The van der Waals surface area contributed by atoms with Crippen LogP contribution in [-0.2, 0) is 39.0 Å². The molecule has 0 fully saturated rings. The molecular formula is C46H42Cl2O2Zr. The van der Waals surface area contributed by atoms with Gasteiger partial charge in [0.15, 0.2) is 0 Å². The van der Waals surface area contributed by atoms with Crippen molar-refractivity contribution in [2.45, 2.75) is 53.4 Å². The second-order valence-corrected chi connectivity index (χ2v) is 12.9. The van der Waals surface area contributed by atoms with Crippen molar-refractivity contribution >= 4 is 21.5 Å². The minimum Gasteiger partial charge on any atom is -1.00 e. The van der Waals surface area contributed by atoms with E-state index in [1.807, 2.05) is 0 Å². The SMILES string of the molecule is CCCc1ccc(-c2cc3c(-c4ccc(C)cc4)cccc3[cH-]2)o1.CCCc1ccc(-c2cc3c(-c4ccc(C)cc4)cccc3[cH-]2)o1.[Cl-].[Cl-].[Zr+4]. The Morgan fingerprint density at radius 2 is 0.882 bits per heavy atom. The summed E-state index contributed by atoms with van der Waals surface area (Å²) in [5, 5.41) is 5.09. The van der Waals surface area contributed by atoms with Crippen LogP contribution in [0.25, 0.3) is 66.4 Å². The summed E-state index contributed by atoms with van der Waals surface area (Å²) >= 11 is 0. The van der Waals surface area contributed by atoms with Gasteiger partial charge in [0, 0.05) is 12.8 Å². The Morgan fingerprint density at radius 1 is 0.490 bits per heavy atom. The summed E-state index contributed by atoms with van der Waals surface area (Å²) < 4.78 is 12.0. The molecule has 2 nitrogen and oxygen atoms in total. The summed E-state index contributed by atoms with van der Waals surface area (Å²) in [5.41, 5.74) is 9.96. The minimum absolute atomic E-state index is 0. The van der Waals surface area contributed by atoms with Gasteiger partial charge in [0.2, 0.25) is 0 Å². The van der Waals surface area contributed by atoms with Crippen LogP contribution in [-0.4, -0.2) is 0 Å². The van der Waals surface area contributed by atoms with Gasteiger partial charge in [-0.15, -0.1) is 57.9 Å². The monoisotopic (exact) mass is 786 g/mol. The number of hydrogen-bond donors (Lipinski definition) is 0. The molecule has 51 heavy (non-hydrogen) atoms. The van der Waals surface area contributed by atoms with Gasteiger partial charge in [-0.1, -0.05) is 120 Å². The molecule has 0 aliphatic rings. The van der Waals surface area contributed by atoms with Crippen LogP contribution in [0.3, 0.4) is 0 Å². The summed E-state index contributed by atoms with van der Waals surface area (Å²) in [4.78, 5) is 0. The Bertz CT molecular complexity index is 2120. The molecule has 0 aliphatic heterocycles. The third-order valence-electron chi connectivity index (χ3n) is 9.11. The zero-order valence-electron chi connectivity index (χ0n) is 29.6. The van der Waals surface area contributed by atoms with Crippen molar-refractivity contribution in [3.8, 4) is 44.9 Å². The Balaban J connectivity index is 0.000000216. The van der Waals surface area contributed by atoms with Gasteiger partial charge >= 0.3 is 26.2 Å². The van der Waals surface area contributed by atoms with E-state index in [1.165, 1.54) is 54.9 Å². The number of halogens is 2. The molecule has 0 atom stereocenters. The molecule has 8 rings (SSSR count).